The maximum absolute atomic E-state index is 2.44. The van der Waals surface area contributed by atoms with E-state index in [1.807, 2.05) is 11.3 Å². The molecule has 2 heteroatoms. The molecule has 0 spiro atoms. The Kier molecular flexibility index (Phi) is 8.42. The molecule has 0 radical (unpaired) electrons. The van der Waals surface area contributed by atoms with Crippen LogP contribution < -0.4 is 4.90 Å². The first-order valence-electron chi connectivity index (χ1n) is 19.8. The Balaban J connectivity index is 1.13. The van der Waals surface area contributed by atoms with E-state index in [2.05, 4.69) is 229 Å². The lowest BCUT2D eigenvalue weighted by Crippen LogP contribution is -2.10. The molecule has 272 valence electrons. The SMILES string of the molecule is c1ccc(-c2ccc(N(c3cccc(-c4ccc5c(c4)c(-c4ccccc4)c(-c4ccccc4)c4ccccc45)c3)c3cccc4sc5ccccc5c34)cc2)cc1. The number of hydrogen-bond donors (Lipinski definition) is 0. The number of hydrogen-bond acceptors (Lipinski definition) is 2. The lowest BCUT2D eigenvalue weighted by Gasteiger charge is -2.27. The molecule has 11 rings (SSSR count). The Morgan fingerprint density at radius 2 is 0.776 bits per heavy atom. The summed E-state index contributed by atoms with van der Waals surface area (Å²) < 4.78 is 2.58. The molecular formula is C56H37NS. The van der Waals surface area contributed by atoms with E-state index in [-0.39, 0.29) is 0 Å². The molecule has 58 heavy (non-hydrogen) atoms. The molecule has 0 saturated carbocycles. The third kappa shape index (κ3) is 5.86. The van der Waals surface area contributed by atoms with Crippen molar-refractivity contribution < 1.29 is 0 Å². The van der Waals surface area contributed by atoms with Crippen LogP contribution >= 0.6 is 11.3 Å². The van der Waals surface area contributed by atoms with Crippen LogP contribution in [0.2, 0.25) is 0 Å². The topological polar surface area (TPSA) is 3.24 Å². The van der Waals surface area contributed by atoms with Gasteiger partial charge in [-0.05, 0) is 115 Å². The Bertz CT molecular complexity index is 3260. The number of rotatable bonds is 7. The van der Waals surface area contributed by atoms with E-state index in [0.717, 1.165) is 11.4 Å². The Labute approximate surface area is 342 Å². The van der Waals surface area contributed by atoms with Crippen LogP contribution in [-0.2, 0) is 0 Å². The van der Waals surface area contributed by atoms with Crippen molar-refractivity contribution in [1.29, 1.82) is 0 Å². The van der Waals surface area contributed by atoms with Crippen LogP contribution in [0, 0.1) is 0 Å². The molecule has 0 fully saturated rings. The zero-order valence-electron chi connectivity index (χ0n) is 31.7. The van der Waals surface area contributed by atoms with E-state index in [0.29, 0.717) is 0 Å². The van der Waals surface area contributed by atoms with Crippen LogP contribution in [0.5, 0.6) is 0 Å². The van der Waals surface area contributed by atoms with Crippen LogP contribution in [0.25, 0.3) is 86.2 Å². The van der Waals surface area contributed by atoms with E-state index in [1.165, 1.54) is 91.9 Å². The van der Waals surface area contributed by atoms with Crippen molar-refractivity contribution in [2.45, 2.75) is 0 Å². The monoisotopic (exact) mass is 755 g/mol. The fourth-order valence-corrected chi connectivity index (χ4v) is 9.93. The Morgan fingerprint density at radius 1 is 0.276 bits per heavy atom. The highest BCUT2D eigenvalue weighted by Gasteiger charge is 2.21. The van der Waals surface area contributed by atoms with Crippen molar-refractivity contribution in [3.8, 4) is 44.5 Å². The van der Waals surface area contributed by atoms with Gasteiger partial charge in [-0.15, -0.1) is 11.3 Å². The number of thiophene rings is 1. The summed E-state index contributed by atoms with van der Waals surface area (Å²) in [5, 5.41) is 7.58. The van der Waals surface area contributed by atoms with Gasteiger partial charge >= 0.3 is 0 Å². The quantitative estimate of drug-likeness (QED) is 0.146. The molecule has 0 N–H and O–H groups in total. The average Bonchev–Trinajstić information content (AvgIpc) is 3.69. The maximum atomic E-state index is 2.44. The normalized spacial score (nSPS) is 11.4. The van der Waals surface area contributed by atoms with Gasteiger partial charge in [0, 0.05) is 31.5 Å². The largest absolute Gasteiger partial charge is 0.310 e. The standard InChI is InChI=1S/C56H37NS/c1-4-16-38(17-5-1)39-30-33-44(34-31-39)57(51-27-15-29-53-56(51)49-26-12-13-28-52(49)58-53)45-23-14-22-42(36-45)43-32-35-47-46-24-10-11-25-48(46)54(40-18-6-2-7-19-40)55(50(47)37-43)41-20-8-3-9-21-41/h1-37H. The predicted molar refractivity (Wildman–Crippen MR) is 251 cm³/mol. The third-order valence-electron chi connectivity index (χ3n) is 11.4. The molecule has 11 aromatic rings. The second-order valence-electron chi connectivity index (χ2n) is 14.8. The second-order valence-corrected chi connectivity index (χ2v) is 15.9. The molecule has 10 aromatic carbocycles. The maximum Gasteiger partial charge on any atom is 0.0554 e. The Hall–Kier alpha value is -7.26. The molecule has 0 aliphatic rings. The summed E-state index contributed by atoms with van der Waals surface area (Å²) in [6.45, 7) is 0. The summed E-state index contributed by atoms with van der Waals surface area (Å²) in [5.74, 6) is 0. The van der Waals surface area contributed by atoms with Gasteiger partial charge < -0.3 is 4.90 Å². The minimum Gasteiger partial charge on any atom is -0.310 e. The van der Waals surface area contributed by atoms with Crippen molar-refractivity contribution >= 4 is 70.1 Å². The molecule has 1 nitrogen and oxygen atoms in total. The van der Waals surface area contributed by atoms with Gasteiger partial charge in [0.2, 0.25) is 0 Å². The van der Waals surface area contributed by atoms with E-state index in [1.54, 1.807) is 0 Å². The lowest BCUT2D eigenvalue weighted by molar-refractivity contribution is 1.30. The van der Waals surface area contributed by atoms with Gasteiger partial charge in [-0.2, -0.15) is 0 Å². The first kappa shape index (κ1) is 34.0. The number of fused-ring (bicyclic) bond motifs is 6. The van der Waals surface area contributed by atoms with Crippen LogP contribution in [0.1, 0.15) is 0 Å². The van der Waals surface area contributed by atoms with Crippen molar-refractivity contribution in [3.05, 3.63) is 224 Å². The van der Waals surface area contributed by atoms with E-state index in [4.69, 9.17) is 0 Å². The highest BCUT2D eigenvalue weighted by atomic mass is 32.1. The van der Waals surface area contributed by atoms with Crippen molar-refractivity contribution in [3.63, 3.8) is 0 Å². The fourth-order valence-electron chi connectivity index (χ4n) is 8.81. The highest BCUT2D eigenvalue weighted by Crippen LogP contribution is 2.48. The van der Waals surface area contributed by atoms with Crippen LogP contribution in [0.3, 0.4) is 0 Å². The van der Waals surface area contributed by atoms with Crippen molar-refractivity contribution in [1.82, 2.24) is 0 Å². The van der Waals surface area contributed by atoms with Gasteiger partial charge in [-0.25, -0.2) is 0 Å². The molecule has 0 aliphatic carbocycles. The van der Waals surface area contributed by atoms with Gasteiger partial charge in [0.05, 0.1) is 5.69 Å². The highest BCUT2D eigenvalue weighted by molar-refractivity contribution is 7.26. The fraction of sp³-hybridized carbons (Fsp3) is 0. The van der Waals surface area contributed by atoms with E-state index < -0.39 is 0 Å². The molecule has 0 atom stereocenters. The molecular weight excluding hydrogens is 719 g/mol. The van der Waals surface area contributed by atoms with E-state index in [9.17, 15) is 0 Å². The minimum atomic E-state index is 1.11. The van der Waals surface area contributed by atoms with Gasteiger partial charge in [0.15, 0.2) is 0 Å². The minimum absolute atomic E-state index is 1.11. The molecule has 0 bridgehead atoms. The third-order valence-corrected chi connectivity index (χ3v) is 12.6. The summed E-state index contributed by atoms with van der Waals surface area (Å²) >= 11 is 1.86. The molecule has 1 heterocycles. The summed E-state index contributed by atoms with van der Waals surface area (Å²) in [7, 11) is 0. The zero-order valence-corrected chi connectivity index (χ0v) is 32.5. The summed E-state index contributed by atoms with van der Waals surface area (Å²) in [6, 6.07) is 81.9. The Morgan fingerprint density at radius 3 is 1.50 bits per heavy atom. The smallest absolute Gasteiger partial charge is 0.0554 e. The van der Waals surface area contributed by atoms with Crippen LogP contribution in [-0.4, -0.2) is 0 Å². The molecule has 0 unspecified atom stereocenters. The van der Waals surface area contributed by atoms with Gasteiger partial charge in [-0.3, -0.25) is 0 Å². The molecule has 0 amide bonds. The number of benzene rings is 10. The molecule has 1 aromatic heterocycles. The second kappa shape index (κ2) is 14.4. The summed E-state index contributed by atoms with van der Waals surface area (Å²) in [6.07, 6.45) is 0. The molecule has 0 aliphatic heterocycles. The van der Waals surface area contributed by atoms with Crippen LogP contribution in [0.4, 0.5) is 17.1 Å². The van der Waals surface area contributed by atoms with Crippen molar-refractivity contribution in [2.75, 3.05) is 4.90 Å². The number of anilines is 3. The predicted octanol–water partition coefficient (Wildman–Crippen LogP) is 16.5. The zero-order chi connectivity index (χ0) is 38.4. The summed E-state index contributed by atoms with van der Waals surface area (Å²) in [5.41, 5.74) is 13.1. The first-order valence-corrected chi connectivity index (χ1v) is 20.7. The summed E-state index contributed by atoms with van der Waals surface area (Å²) in [4.78, 5) is 2.44. The van der Waals surface area contributed by atoms with Crippen LogP contribution in [0.15, 0.2) is 224 Å². The molecule has 0 saturated heterocycles. The lowest BCUT2D eigenvalue weighted by atomic mass is 9.84. The van der Waals surface area contributed by atoms with Gasteiger partial charge in [-0.1, -0.05) is 176 Å². The average molecular weight is 756 g/mol. The van der Waals surface area contributed by atoms with Gasteiger partial charge in [0.25, 0.3) is 0 Å². The van der Waals surface area contributed by atoms with Crippen molar-refractivity contribution in [2.24, 2.45) is 0 Å². The number of nitrogens with zero attached hydrogens (tertiary/aromatic N) is 1. The van der Waals surface area contributed by atoms with E-state index >= 15 is 0 Å². The van der Waals surface area contributed by atoms with Gasteiger partial charge in [0.1, 0.15) is 0 Å². The first-order chi connectivity index (χ1) is 28.8.